The van der Waals surface area contributed by atoms with E-state index in [9.17, 15) is 9.59 Å². The summed E-state index contributed by atoms with van der Waals surface area (Å²) in [7, 11) is 0. The van der Waals surface area contributed by atoms with Crippen molar-refractivity contribution in [1.82, 2.24) is 4.98 Å². The van der Waals surface area contributed by atoms with Gasteiger partial charge >= 0.3 is 0 Å². The van der Waals surface area contributed by atoms with E-state index in [1.165, 1.54) is 6.92 Å². The molecule has 0 aliphatic heterocycles. The minimum atomic E-state index is -0.0682. The van der Waals surface area contributed by atoms with Crippen molar-refractivity contribution in [1.29, 1.82) is 0 Å². The molecule has 138 valence electrons. The average molecular weight is 362 g/mol. The average Bonchev–Trinajstić information content (AvgIpc) is 2.66. The zero-order chi connectivity index (χ0) is 19.2. The van der Waals surface area contributed by atoms with E-state index in [4.69, 9.17) is 4.74 Å². The Balaban J connectivity index is 1.50. The first-order chi connectivity index (χ1) is 13.0. The molecule has 1 aromatic heterocycles. The standard InChI is InChI=1S/C22H22N2O3/c1-15-8-9-18-5-3-6-20(22(18)23-15)24-21(26)7-4-14-27-19-12-10-17(11-13-19)16(2)25/h3,5-6,8-13H,4,7,14H2,1-2H3,(H,24,26). The van der Waals surface area contributed by atoms with Gasteiger partial charge in [0.25, 0.3) is 0 Å². The second-order valence-corrected chi connectivity index (χ2v) is 6.41. The van der Waals surface area contributed by atoms with Crippen molar-refractivity contribution in [2.24, 2.45) is 0 Å². The quantitative estimate of drug-likeness (QED) is 0.495. The molecule has 5 nitrogen and oxygen atoms in total. The Hall–Kier alpha value is -3.21. The summed E-state index contributed by atoms with van der Waals surface area (Å²) in [4.78, 5) is 28.0. The smallest absolute Gasteiger partial charge is 0.224 e. The lowest BCUT2D eigenvalue weighted by atomic mass is 10.1. The first kappa shape index (κ1) is 18.6. The molecule has 0 atom stereocenters. The Labute approximate surface area is 158 Å². The van der Waals surface area contributed by atoms with E-state index in [1.807, 2.05) is 37.3 Å². The van der Waals surface area contributed by atoms with Crippen LogP contribution in [0.2, 0.25) is 0 Å². The number of fused-ring (bicyclic) bond motifs is 1. The van der Waals surface area contributed by atoms with Crippen LogP contribution in [0, 0.1) is 6.92 Å². The van der Waals surface area contributed by atoms with E-state index < -0.39 is 0 Å². The van der Waals surface area contributed by atoms with Crippen molar-refractivity contribution < 1.29 is 14.3 Å². The SMILES string of the molecule is CC(=O)c1ccc(OCCCC(=O)Nc2cccc3ccc(C)nc23)cc1. The number of aromatic nitrogens is 1. The minimum absolute atomic E-state index is 0.0244. The number of hydrogen-bond acceptors (Lipinski definition) is 4. The lowest BCUT2D eigenvalue weighted by Gasteiger charge is -2.09. The van der Waals surface area contributed by atoms with Crippen molar-refractivity contribution in [3.05, 3.63) is 65.9 Å². The topological polar surface area (TPSA) is 68.3 Å². The van der Waals surface area contributed by atoms with Gasteiger partial charge in [0.05, 0.1) is 17.8 Å². The second kappa shape index (κ2) is 8.45. The van der Waals surface area contributed by atoms with Crippen LogP contribution in [0.1, 0.15) is 35.8 Å². The first-order valence-electron chi connectivity index (χ1n) is 8.93. The number of nitrogens with zero attached hydrogens (tertiary/aromatic N) is 1. The van der Waals surface area contributed by atoms with Crippen LogP contribution in [0.4, 0.5) is 5.69 Å². The van der Waals surface area contributed by atoms with Gasteiger partial charge in [-0.05, 0) is 56.7 Å². The Morgan fingerprint density at radius 1 is 1.04 bits per heavy atom. The molecule has 27 heavy (non-hydrogen) atoms. The first-order valence-corrected chi connectivity index (χ1v) is 8.93. The summed E-state index contributed by atoms with van der Waals surface area (Å²) in [5.74, 6) is 0.645. The summed E-state index contributed by atoms with van der Waals surface area (Å²) in [6, 6.07) is 16.7. The number of pyridine rings is 1. The molecule has 0 aliphatic rings. The number of para-hydroxylation sites is 1. The number of rotatable bonds is 7. The predicted octanol–water partition coefficient (Wildman–Crippen LogP) is 4.54. The van der Waals surface area contributed by atoms with Crippen molar-refractivity contribution in [2.75, 3.05) is 11.9 Å². The molecule has 3 aromatic rings. The van der Waals surface area contributed by atoms with Crippen molar-refractivity contribution in [3.63, 3.8) is 0 Å². The molecular weight excluding hydrogens is 340 g/mol. The number of nitrogens with one attached hydrogen (secondary N) is 1. The molecule has 0 saturated heterocycles. The fourth-order valence-corrected chi connectivity index (χ4v) is 2.77. The zero-order valence-corrected chi connectivity index (χ0v) is 15.5. The molecule has 5 heteroatoms. The number of ketones is 1. The van der Waals surface area contributed by atoms with Gasteiger partial charge in [0, 0.05) is 23.1 Å². The molecule has 0 fully saturated rings. The summed E-state index contributed by atoms with van der Waals surface area (Å²) in [5, 5.41) is 3.93. The molecule has 0 bridgehead atoms. The maximum Gasteiger partial charge on any atom is 0.224 e. The van der Waals surface area contributed by atoms with Gasteiger partial charge in [-0.1, -0.05) is 18.2 Å². The van der Waals surface area contributed by atoms with Crippen molar-refractivity contribution in [3.8, 4) is 5.75 Å². The summed E-state index contributed by atoms with van der Waals surface area (Å²) in [5.41, 5.74) is 3.09. The van der Waals surface area contributed by atoms with Gasteiger partial charge in [-0.2, -0.15) is 0 Å². The third-order valence-corrected chi connectivity index (χ3v) is 4.21. The molecule has 0 spiro atoms. The normalized spacial score (nSPS) is 10.6. The third-order valence-electron chi connectivity index (χ3n) is 4.21. The van der Waals surface area contributed by atoms with Crippen LogP contribution in [-0.4, -0.2) is 23.3 Å². The fourth-order valence-electron chi connectivity index (χ4n) is 2.77. The Morgan fingerprint density at radius 3 is 2.56 bits per heavy atom. The number of amides is 1. The van der Waals surface area contributed by atoms with Crippen LogP contribution in [-0.2, 0) is 4.79 Å². The minimum Gasteiger partial charge on any atom is -0.494 e. The predicted molar refractivity (Wildman–Crippen MR) is 106 cm³/mol. The highest BCUT2D eigenvalue weighted by Gasteiger charge is 2.07. The van der Waals surface area contributed by atoms with E-state index in [0.717, 1.165) is 22.3 Å². The van der Waals surface area contributed by atoms with Crippen molar-refractivity contribution >= 4 is 28.3 Å². The van der Waals surface area contributed by atoms with Gasteiger partial charge in [-0.15, -0.1) is 0 Å². The highest BCUT2D eigenvalue weighted by molar-refractivity contribution is 6.00. The molecule has 0 aliphatic carbocycles. The molecule has 1 N–H and O–H groups in total. The van der Waals surface area contributed by atoms with Gasteiger partial charge in [0.1, 0.15) is 5.75 Å². The van der Waals surface area contributed by atoms with Gasteiger partial charge in [-0.3, -0.25) is 14.6 Å². The maximum atomic E-state index is 12.2. The molecular formula is C22H22N2O3. The molecule has 1 amide bonds. The Kier molecular flexibility index (Phi) is 5.81. The highest BCUT2D eigenvalue weighted by Crippen LogP contribution is 2.22. The number of carbonyl (C=O) groups is 2. The van der Waals surface area contributed by atoms with Crippen LogP contribution < -0.4 is 10.1 Å². The molecule has 3 rings (SSSR count). The number of carbonyl (C=O) groups excluding carboxylic acids is 2. The lowest BCUT2D eigenvalue weighted by molar-refractivity contribution is -0.116. The van der Waals surface area contributed by atoms with Gasteiger partial charge in [-0.25, -0.2) is 0 Å². The van der Waals surface area contributed by atoms with Crippen LogP contribution >= 0.6 is 0 Å². The van der Waals surface area contributed by atoms with E-state index in [-0.39, 0.29) is 11.7 Å². The van der Waals surface area contributed by atoms with E-state index in [1.54, 1.807) is 24.3 Å². The Bertz CT molecular complexity index is 965. The summed E-state index contributed by atoms with van der Waals surface area (Å²) < 4.78 is 5.62. The summed E-state index contributed by atoms with van der Waals surface area (Å²) in [6.45, 7) is 3.89. The summed E-state index contributed by atoms with van der Waals surface area (Å²) in [6.07, 6.45) is 0.950. The largest absolute Gasteiger partial charge is 0.494 e. The second-order valence-electron chi connectivity index (χ2n) is 6.41. The van der Waals surface area contributed by atoms with Crippen LogP contribution in [0.5, 0.6) is 5.75 Å². The van der Waals surface area contributed by atoms with Gasteiger partial charge < -0.3 is 10.1 Å². The lowest BCUT2D eigenvalue weighted by Crippen LogP contribution is -2.13. The van der Waals surface area contributed by atoms with Crippen LogP contribution in [0.3, 0.4) is 0 Å². The van der Waals surface area contributed by atoms with E-state index in [0.29, 0.717) is 30.8 Å². The Morgan fingerprint density at radius 2 is 1.81 bits per heavy atom. The molecule has 2 aromatic carbocycles. The highest BCUT2D eigenvalue weighted by atomic mass is 16.5. The van der Waals surface area contributed by atoms with Gasteiger partial charge in [0.15, 0.2) is 5.78 Å². The zero-order valence-electron chi connectivity index (χ0n) is 15.5. The number of anilines is 1. The van der Waals surface area contributed by atoms with Crippen LogP contribution in [0.25, 0.3) is 10.9 Å². The third kappa shape index (κ3) is 4.91. The van der Waals surface area contributed by atoms with Crippen molar-refractivity contribution in [2.45, 2.75) is 26.7 Å². The van der Waals surface area contributed by atoms with E-state index >= 15 is 0 Å². The molecule has 1 heterocycles. The number of benzene rings is 2. The van der Waals surface area contributed by atoms with Gasteiger partial charge in [0.2, 0.25) is 5.91 Å². The molecule has 0 unspecified atom stereocenters. The number of ether oxygens (including phenoxy) is 1. The molecule has 0 saturated carbocycles. The maximum absolute atomic E-state index is 12.2. The fraction of sp³-hybridized carbons (Fsp3) is 0.227. The van der Waals surface area contributed by atoms with E-state index in [2.05, 4.69) is 10.3 Å². The molecule has 0 radical (unpaired) electrons. The van der Waals surface area contributed by atoms with Crippen LogP contribution in [0.15, 0.2) is 54.6 Å². The number of aryl methyl sites for hydroxylation is 1. The number of Topliss-reactive ketones (excluding diaryl/α,β-unsaturated/α-hetero) is 1. The monoisotopic (exact) mass is 362 g/mol. The number of hydrogen-bond donors (Lipinski definition) is 1. The summed E-state index contributed by atoms with van der Waals surface area (Å²) >= 11 is 0.